The molecular weight excluding hydrogens is 273 g/mol. The quantitative estimate of drug-likeness (QED) is 0.905. The first-order valence-electron chi connectivity index (χ1n) is 6.66. The van der Waals surface area contributed by atoms with Gasteiger partial charge in [-0.3, -0.25) is 4.79 Å². The Labute approximate surface area is 122 Å². The summed E-state index contributed by atoms with van der Waals surface area (Å²) in [4.78, 5) is 12.0. The zero-order chi connectivity index (χ0) is 15.4. The van der Waals surface area contributed by atoms with Crippen LogP contribution in [0.2, 0.25) is 0 Å². The van der Waals surface area contributed by atoms with Crippen molar-refractivity contribution in [2.45, 2.75) is 26.4 Å². The van der Waals surface area contributed by atoms with E-state index in [4.69, 9.17) is 10.5 Å². The van der Waals surface area contributed by atoms with Gasteiger partial charge in [0.2, 0.25) is 0 Å². The van der Waals surface area contributed by atoms with Gasteiger partial charge in [-0.05, 0) is 37.1 Å². The average molecular weight is 291 g/mol. The minimum absolute atomic E-state index is 0.116. The molecule has 6 heteroatoms. The van der Waals surface area contributed by atoms with E-state index in [2.05, 4.69) is 5.10 Å². The van der Waals surface area contributed by atoms with E-state index in [1.807, 2.05) is 6.92 Å². The predicted octanol–water partition coefficient (Wildman–Crippen LogP) is 1.47. The van der Waals surface area contributed by atoms with Crippen molar-refractivity contribution in [2.24, 2.45) is 5.73 Å². The van der Waals surface area contributed by atoms with E-state index in [9.17, 15) is 9.18 Å². The van der Waals surface area contributed by atoms with Gasteiger partial charge in [0.15, 0.2) is 0 Å². The number of hydrogen-bond acceptors (Lipinski definition) is 4. The van der Waals surface area contributed by atoms with Gasteiger partial charge < -0.3 is 10.5 Å². The molecule has 0 bridgehead atoms. The van der Waals surface area contributed by atoms with Gasteiger partial charge in [0.1, 0.15) is 18.2 Å². The second kappa shape index (κ2) is 6.49. The summed E-state index contributed by atoms with van der Waals surface area (Å²) < 4.78 is 19.7. The van der Waals surface area contributed by atoms with Crippen LogP contribution >= 0.6 is 0 Å². The molecule has 5 nitrogen and oxygen atoms in total. The van der Waals surface area contributed by atoms with Crippen molar-refractivity contribution >= 4 is 0 Å². The molecule has 0 radical (unpaired) electrons. The van der Waals surface area contributed by atoms with Gasteiger partial charge in [0.25, 0.3) is 5.56 Å². The minimum atomic E-state index is -0.295. The molecule has 0 saturated heterocycles. The molecule has 0 aliphatic heterocycles. The van der Waals surface area contributed by atoms with Crippen LogP contribution in [-0.4, -0.2) is 22.4 Å². The van der Waals surface area contributed by atoms with E-state index in [1.54, 1.807) is 13.0 Å². The summed E-state index contributed by atoms with van der Waals surface area (Å²) >= 11 is 0. The third kappa shape index (κ3) is 4.13. The SMILES string of the molecule is Cc1cc(F)ccc1Cn1ncc(OCC(C)N)cc1=O. The fraction of sp³-hybridized carbons (Fsp3) is 0.333. The summed E-state index contributed by atoms with van der Waals surface area (Å²) in [6.45, 7) is 4.22. The van der Waals surface area contributed by atoms with Crippen LogP contribution in [0.1, 0.15) is 18.1 Å². The lowest BCUT2D eigenvalue weighted by molar-refractivity contribution is 0.293. The number of halogens is 1. The van der Waals surface area contributed by atoms with Crippen LogP contribution in [0.15, 0.2) is 35.3 Å². The van der Waals surface area contributed by atoms with Crippen LogP contribution in [0.4, 0.5) is 4.39 Å². The molecule has 0 spiro atoms. The maximum atomic E-state index is 13.1. The summed E-state index contributed by atoms with van der Waals surface area (Å²) in [6.07, 6.45) is 1.47. The highest BCUT2D eigenvalue weighted by Crippen LogP contribution is 2.11. The molecule has 0 aliphatic carbocycles. The Morgan fingerprint density at radius 1 is 1.43 bits per heavy atom. The van der Waals surface area contributed by atoms with Gasteiger partial charge in [-0.2, -0.15) is 5.10 Å². The lowest BCUT2D eigenvalue weighted by Gasteiger charge is -2.10. The number of aryl methyl sites for hydroxylation is 1. The molecule has 0 aliphatic rings. The normalized spacial score (nSPS) is 12.2. The molecule has 2 aromatic rings. The van der Waals surface area contributed by atoms with Crippen molar-refractivity contribution in [1.29, 1.82) is 0 Å². The number of nitrogens with zero attached hydrogens (tertiary/aromatic N) is 2. The van der Waals surface area contributed by atoms with Gasteiger partial charge in [0, 0.05) is 12.1 Å². The molecular formula is C15H18FN3O2. The molecule has 0 amide bonds. The van der Waals surface area contributed by atoms with Crippen molar-refractivity contribution in [2.75, 3.05) is 6.61 Å². The van der Waals surface area contributed by atoms with Gasteiger partial charge in [0.05, 0.1) is 12.7 Å². The number of nitrogens with two attached hydrogens (primary N) is 1. The van der Waals surface area contributed by atoms with Gasteiger partial charge >= 0.3 is 0 Å². The Kier molecular flexibility index (Phi) is 4.70. The molecule has 1 heterocycles. The third-order valence-corrected chi connectivity index (χ3v) is 2.98. The molecule has 1 atom stereocenters. The van der Waals surface area contributed by atoms with E-state index < -0.39 is 0 Å². The molecule has 2 rings (SSSR count). The standard InChI is InChI=1S/C15H18FN3O2/c1-10-5-13(16)4-3-12(10)8-19-15(20)6-14(7-18-19)21-9-11(2)17/h3-7,11H,8-9,17H2,1-2H3. The van der Waals surface area contributed by atoms with E-state index in [1.165, 1.54) is 29.1 Å². The van der Waals surface area contributed by atoms with E-state index in [0.717, 1.165) is 11.1 Å². The lowest BCUT2D eigenvalue weighted by Crippen LogP contribution is -2.26. The largest absolute Gasteiger partial charge is 0.490 e. The molecule has 112 valence electrons. The molecule has 1 aromatic heterocycles. The second-order valence-corrected chi connectivity index (χ2v) is 5.05. The van der Waals surface area contributed by atoms with Crippen molar-refractivity contribution in [3.8, 4) is 5.75 Å². The fourth-order valence-electron chi connectivity index (χ4n) is 1.84. The van der Waals surface area contributed by atoms with E-state index in [0.29, 0.717) is 18.9 Å². The van der Waals surface area contributed by atoms with Crippen LogP contribution in [0.5, 0.6) is 5.75 Å². The highest BCUT2D eigenvalue weighted by Gasteiger charge is 2.06. The highest BCUT2D eigenvalue weighted by atomic mass is 19.1. The number of aromatic nitrogens is 2. The second-order valence-electron chi connectivity index (χ2n) is 5.05. The van der Waals surface area contributed by atoms with Crippen molar-refractivity contribution < 1.29 is 9.13 Å². The Hall–Kier alpha value is -2.21. The van der Waals surface area contributed by atoms with Crippen LogP contribution in [-0.2, 0) is 6.54 Å². The lowest BCUT2D eigenvalue weighted by atomic mass is 10.1. The topological polar surface area (TPSA) is 70.1 Å². The smallest absolute Gasteiger partial charge is 0.270 e. The Balaban J connectivity index is 2.16. The predicted molar refractivity (Wildman–Crippen MR) is 77.9 cm³/mol. The first-order chi connectivity index (χ1) is 9.95. The molecule has 0 saturated carbocycles. The summed E-state index contributed by atoms with van der Waals surface area (Å²) in [6, 6.07) is 5.70. The number of rotatable bonds is 5. The zero-order valence-corrected chi connectivity index (χ0v) is 12.0. The van der Waals surface area contributed by atoms with Crippen LogP contribution in [0.25, 0.3) is 0 Å². The van der Waals surface area contributed by atoms with Crippen LogP contribution < -0.4 is 16.0 Å². The zero-order valence-electron chi connectivity index (χ0n) is 12.0. The Morgan fingerprint density at radius 3 is 2.81 bits per heavy atom. The molecule has 1 aromatic carbocycles. The number of hydrogen-bond donors (Lipinski definition) is 1. The fourth-order valence-corrected chi connectivity index (χ4v) is 1.84. The van der Waals surface area contributed by atoms with Crippen molar-refractivity contribution in [3.05, 3.63) is 57.8 Å². The molecule has 1 unspecified atom stereocenters. The Morgan fingerprint density at radius 2 is 2.19 bits per heavy atom. The molecule has 21 heavy (non-hydrogen) atoms. The van der Waals surface area contributed by atoms with E-state index >= 15 is 0 Å². The van der Waals surface area contributed by atoms with E-state index in [-0.39, 0.29) is 17.4 Å². The monoisotopic (exact) mass is 291 g/mol. The first-order valence-corrected chi connectivity index (χ1v) is 6.66. The molecule has 2 N–H and O–H groups in total. The number of ether oxygens (including phenoxy) is 1. The Bertz CT molecular complexity index is 683. The maximum Gasteiger partial charge on any atom is 0.270 e. The average Bonchev–Trinajstić information content (AvgIpc) is 2.42. The summed E-state index contributed by atoms with van der Waals surface area (Å²) in [5.41, 5.74) is 6.92. The summed E-state index contributed by atoms with van der Waals surface area (Å²) in [5, 5.41) is 4.06. The van der Waals surface area contributed by atoms with Gasteiger partial charge in [-0.1, -0.05) is 6.07 Å². The van der Waals surface area contributed by atoms with Crippen molar-refractivity contribution in [3.63, 3.8) is 0 Å². The van der Waals surface area contributed by atoms with Crippen LogP contribution in [0.3, 0.4) is 0 Å². The number of benzene rings is 1. The van der Waals surface area contributed by atoms with Crippen molar-refractivity contribution in [1.82, 2.24) is 9.78 Å². The van der Waals surface area contributed by atoms with Gasteiger partial charge in [-0.25, -0.2) is 9.07 Å². The summed E-state index contributed by atoms with van der Waals surface area (Å²) in [5.74, 6) is 0.0978. The first kappa shape index (κ1) is 15.2. The van der Waals surface area contributed by atoms with Gasteiger partial charge in [-0.15, -0.1) is 0 Å². The minimum Gasteiger partial charge on any atom is -0.490 e. The summed E-state index contributed by atoms with van der Waals surface area (Å²) in [7, 11) is 0. The molecule has 0 fully saturated rings. The van der Waals surface area contributed by atoms with Crippen LogP contribution in [0, 0.1) is 12.7 Å². The maximum absolute atomic E-state index is 13.1. The third-order valence-electron chi connectivity index (χ3n) is 2.98. The highest BCUT2D eigenvalue weighted by molar-refractivity contribution is 5.26.